The molecule has 0 amide bonds. The SMILES string of the molecule is CC[C@@H](C)C1CCC2C3CCC4CC(C(F)(F)F)CCC4(C)C3CCC21C. The Morgan fingerprint density at radius 3 is 2.22 bits per heavy atom. The zero-order valence-corrected chi connectivity index (χ0v) is 17.7. The molecule has 0 heterocycles. The van der Waals surface area contributed by atoms with Gasteiger partial charge < -0.3 is 0 Å². The van der Waals surface area contributed by atoms with Gasteiger partial charge in [0.25, 0.3) is 0 Å². The summed E-state index contributed by atoms with van der Waals surface area (Å²) < 4.78 is 40.0. The minimum absolute atomic E-state index is 0.167. The van der Waals surface area contributed by atoms with E-state index in [1.54, 1.807) is 0 Å². The Hall–Kier alpha value is -0.210. The molecule has 9 atom stereocenters. The maximum absolute atomic E-state index is 13.3. The highest BCUT2D eigenvalue weighted by Gasteiger charge is 2.61. The van der Waals surface area contributed by atoms with Crippen molar-refractivity contribution in [2.75, 3.05) is 0 Å². The van der Waals surface area contributed by atoms with Crippen molar-refractivity contribution in [3.05, 3.63) is 0 Å². The first-order valence-electron chi connectivity index (χ1n) is 11.7. The van der Waals surface area contributed by atoms with Crippen LogP contribution in [0.15, 0.2) is 0 Å². The standard InChI is InChI=1S/C24H39F3/c1-5-15(2)19-8-9-20-18-7-6-16-14-17(24(25,26)27)10-12-22(16,3)21(18)11-13-23(19,20)4/h15-21H,5-14H2,1-4H3/t15-,16?,17?,18?,19?,20?,21?,22?,23?/m1/s1. The van der Waals surface area contributed by atoms with Crippen molar-refractivity contribution in [2.24, 2.45) is 52.3 Å². The van der Waals surface area contributed by atoms with Crippen molar-refractivity contribution in [3.8, 4) is 0 Å². The Morgan fingerprint density at radius 1 is 0.889 bits per heavy atom. The Balaban J connectivity index is 1.55. The molecule has 0 aromatic carbocycles. The van der Waals surface area contributed by atoms with Crippen LogP contribution in [0.1, 0.15) is 91.9 Å². The molecule has 0 bridgehead atoms. The molecule has 0 spiro atoms. The number of alkyl halides is 3. The summed E-state index contributed by atoms with van der Waals surface area (Å²) in [5.41, 5.74) is 0.656. The van der Waals surface area contributed by atoms with Gasteiger partial charge in [0.2, 0.25) is 0 Å². The van der Waals surface area contributed by atoms with Gasteiger partial charge in [0.05, 0.1) is 5.92 Å². The smallest absolute Gasteiger partial charge is 0.171 e. The fourth-order valence-electron chi connectivity index (χ4n) is 8.82. The van der Waals surface area contributed by atoms with E-state index in [1.807, 2.05) is 0 Å². The van der Waals surface area contributed by atoms with E-state index >= 15 is 0 Å². The zero-order valence-electron chi connectivity index (χ0n) is 17.7. The lowest BCUT2D eigenvalue weighted by Gasteiger charge is -2.61. The quantitative estimate of drug-likeness (QED) is 0.454. The minimum atomic E-state index is -3.99. The Kier molecular flexibility index (Phi) is 4.95. The first kappa shape index (κ1) is 20.1. The van der Waals surface area contributed by atoms with Crippen LogP contribution in [0.5, 0.6) is 0 Å². The van der Waals surface area contributed by atoms with Gasteiger partial charge in [-0.3, -0.25) is 0 Å². The highest BCUT2D eigenvalue weighted by atomic mass is 19.4. The van der Waals surface area contributed by atoms with Crippen LogP contribution in [0.4, 0.5) is 13.2 Å². The van der Waals surface area contributed by atoms with E-state index in [0.29, 0.717) is 30.1 Å². The molecule has 0 aromatic rings. The first-order chi connectivity index (χ1) is 12.6. The Labute approximate surface area is 164 Å². The summed E-state index contributed by atoms with van der Waals surface area (Å²) in [6.07, 6.45) is 6.46. The van der Waals surface area contributed by atoms with Gasteiger partial charge in [-0.2, -0.15) is 13.2 Å². The van der Waals surface area contributed by atoms with Crippen LogP contribution >= 0.6 is 0 Å². The lowest BCUT2D eigenvalue weighted by Crippen LogP contribution is -2.54. The molecule has 8 unspecified atom stereocenters. The van der Waals surface area contributed by atoms with Gasteiger partial charge in [-0.15, -0.1) is 0 Å². The molecule has 0 N–H and O–H groups in total. The number of fused-ring (bicyclic) bond motifs is 5. The number of rotatable bonds is 2. The van der Waals surface area contributed by atoms with Crippen molar-refractivity contribution >= 4 is 0 Å². The molecule has 4 fully saturated rings. The van der Waals surface area contributed by atoms with Crippen molar-refractivity contribution in [2.45, 2.75) is 98.1 Å². The van der Waals surface area contributed by atoms with E-state index in [4.69, 9.17) is 0 Å². The molecular weight excluding hydrogens is 345 g/mol. The van der Waals surface area contributed by atoms with E-state index in [1.165, 1.54) is 38.5 Å². The van der Waals surface area contributed by atoms with Gasteiger partial charge in [-0.05, 0) is 104 Å². The van der Waals surface area contributed by atoms with Gasteiger partial charge in [0.15, 0.2) is 0 Å². The Morgan fingerprint density at radius 2 is 1.56 bits per heavy atom. The van der Waals surface area contributed by atoms with Gasteiger partial charge in [-0.1, -0.05) is 34.1 Å². The molecule has 156 valence electrons. The van der Waals surface area contributed by atoms with Crippen LogP contribution in [0.3, 0.4) is 0 Å². The summed E-state index contributed by atoms with van der Waals surface area (Å²) in [7, 11) is 0. The molecule has 0 nitrogen and oxygen atoms in total. The third-order valence-corrected chi connectivity index (χ3v) is 10.5. The highest BCUT2D eigenvalue weighted by Crippen LogP contribution is 2.69. The summed E-state index contributed by atoms with van der Waals surface area (Å²) in [5.74, 6) is 3.22. The third-order valence-electron chi connectivity index (χ3n) is 10.5. The van der Waals surface area contributed by atoms with Crippen molar-refractivity contribution in [1.82, 2.24) is 0 Å². The van der Waals surface area contributed by atoms with Crippen molar-refractivity contribution in [3.63, 3.8) is 0 Å². The summed E-state index contributed by atoms with van der Waals surface area (Å²) in [6, 6.07) is 0. The van der Waals surface area contributed by atoms with Gasteiger partial charge in [0, 0.05) is 0 Å². The third kappa shape index (κ3) is 3.00. The molecule has 4 aliphatic rings. The predicted octanol–water partition coefficient (Wildman–Crippen LogP) is 7.87. The maximum atomic E-state index is 13.3. The first-order valence-corrected chi connectivity index (χ1v) is 11.7. The average Bonchev–Trinajstić information content (AvgIpc) is 2.96. The van der Waals surface area contributed by atoms with Crippen LogP contribution in [0.25, 0.3) is 0 Å². The fraction of sp³-hybridized carbons (Fsp3) is 1.00. The van der Waals surface area contributed by atoms with Crippen LogP contribution in [0.2, 0.25) is 0 Å². The highest BCUT2D eigenvalue weighted by molar-refractivity contribution is 5.09. The summed E-state index contributed by atoms with van der Waals surface area (Å²) in [4.78, 5) is 0. The molecule has 4 rings (SSSR count). The lowest BCUT2D eigenvalue weighted by atomic mass is 9.44. The molecule has 0 radical (unpaired) electrons. The normalized spacial score (nSPS) is 51.2. The van der Waals surface area contributed by atoms with Crippen molar-refractivity contribution < 1.29 is 13.2 Å². The van der Waals surface area contributed by atoms with E-state index < -0.39 is 12.1 Å². The molecule has 4 saturated carbocycles. The Bertz CT molecular complexity index is 554. The molecule has 0 aliphatic heterocycles. The zero-order chi connectivity index (χ0) is 19.6. The lowest BCUT2D eigenvalue weighted by molar-refractivity contribution is -0.208. The van der Waals surface area contributed by atoms with Crippen LogP contribution in [-0.4, -0.2) is 6.18 Å². The van der Waals surface area contributed by atoms with Gasteiger partial charge in [-0.25, -0.2) is 0 Å². The number of halogens is 3. The monoisotopic (exact) mass is 384 g/mol. The number of hydrogen-bond donors (Lipinski definition) is 0. The second kappa shape index (κ2) is 6.66. The molecule has 0 aromatic heterocycles. The number of hydrogen-bond acceptors (Lipinski definition) is 0. The second-order valence-corrected chi connectivity index (χ2v) is 11.3. The van der Waals surface area contributed by atoms with E-state index in [9.17, 15) is 13.2 Å². The van der Waals surface area contributed by atoms with Crippen molar-refractivity contribution in [1.29, 1.82) is 0 Å². The molecule has 3 heteroatoms. The summed E-state index contributed by atoms with van der Waals surface area (Å²) in [5, 5.41) is 0. The summed E-state index contributed by atoms with van der Waals surface area (Å²) >= 11 is 0. The van der Waals surface area contributed by atoms with Gasteiger partial charge in [0.1, 0.15) is 0 Å². The minimum Gasteiger partial charge on any atom is -0.171 e. The van der Waals surface area contributed by atoms with Crippen LogP contribution in [0, 0.1) is 52.3 Å². The second-order valence-electron chi connectivity index (χ2n) is 11.3. The average molecular weight is 385 g/mol. The van der Waals surface area contributed by atoms with Gasteiger partial charge >= 0.3 is 6.18 Å². The maximum Gasteiger partial charge on any atom is 0.391 e. The topological polar surface area (TPSA) is 0 Å². The molecule has 4 aliphatic carbocycles. The molecular formula is C24H39F3. The van der Waals surface area contributed by atoms with Crippen LogP contribution in [-0.2, 0) is 0 Å². The van der Waals surface area contributed by atoms with E-state index in [2.05, 4.69) is 27.7 Å². The van der Waals surface area contributed by atoms with E-state index in [0.717, 1.165) is 36.5 Å². The fourth-order valence-corrected chi connectivity index (χ4v) is 8.82. The molecule has 27 heavy (non-hydrogen) atoms. The van der Waals surface area contributed by atoms with E-state index in [-0.39, 0.29) is 5.41 Å². The molecule has 0 saturated heterocycles. The van der Waals surface area contributed by atoms with Crippen LogP contribution < -0.4 is 0 Å². The predicted molar refractivity (Wildman–Crippen MR) is 104 cm³/mol. The largest absolute Gasteiger partial charge is 0.391 e. The summed E-state index contributed by atoms with van der Waals surface area (Å²) in [6.45, 7) is 9.73.